The zero-order chi connectivity index (χ0) is 7.49. The van der Waals surface area contributed by atoms with Crippen molar-refractivity contribution in [3.8, 4) is 0 Å². The Morgan fingerprint density at radius 2 is 1.70 bits per heavy atom. The van der Waals surface area contributed by atoms with Crippen molar-refractivity contribution >= 4 is 0 Å². The normalized spacial score (nSPS) is 14.1. The molecule has 0 aromatic carbocycles. The molecule has 0 aromatic heterocycles. The first-order chi connectivity index (χ1) is 3.92. The molecule has 0 heterocycles. The van der Waals surface area contributed by atoms with Crippen molar-refractivity contribution in [1.82, 2.24) is 0 Å². The maximum absolute atomic E-state index is 3.94. The maximum atomic E-state index is 3.94. The van der Waals surface area contributed by atoms with Crippen LogP contribution in [0.3, 0.4) is 0 Å². The predicted molar refractivity (Wildman–Crippen MR) is 43.2 cm³/mol. The van der Waals surface area contributed by atoms with Gasteiger partial charge in [-0.25, -0.2) is 0 Å². The van der Waals surface area contributed by atoms with Crippen molar-refractivity contribution in [2.24, 2.45) is 11.3 Å². The summed E-state index contributed by atoms with van der Waals surface area (Å²) in [6, 6.07) is 0. The van der Waals surface area contributed by atoms with Gasteiger partial charge in [0.25, 0.3) is 0 Å². The van der Waals surface area contributed by atoms with Gasteiger partial charge in [0.1, 0.15) is 0 Å². The first kappa shape index (κ1) is 13.2. The van der Waals surface area contributed by atoms with Crippen LogP contribution in [-0.4, -0.2) is 0 Å². The quantitative estimate of drug-likeness (QED) is 0.376. The van der Waals surface area contributed by atoms with Gasteiger partial charge >= 0.3 is 18.9 Å². The van der Waals surface area contributed by atoms with Crippen LogP contribution < -0.4 is 18.9 Å². The molecule has 56 valence electrons. The van der Waals surface area contributed by atoms with Crippen molar-refractivity contribution in [2.45, 2.75) is 40.5 Å². The fraction of sp³-hybridized carbons (Fsp3) is 0.889. The molecule has 0 rings (SSSR count). The molecule has 0 nitrogen and oxygen atoms in total. The average Bonchev–Trinajstić information content (AvgIpc) is 1.59. The van der Waals surface area contributed by atoms with E-state index in [1.54, 1.807) is 0 Å². The Morgan fingerprint density at radius 3 is 1.80 bits per heavy atom. The van der Waals surface area contributed by atoms with Gasteiger partial charge in [0, 0.05) is 0 Å². The van der Waals surface area contributed by atoms with Gasteiger partial charge in [0.2, 0.25) is 0 Å². The van der Waals surface area contributed by atoms with Crippen LogP contribution in [0, 0.1) is 18.3 Å². The van der Waals surface area contributed by atoms with E-state index in [4.69, 9.17) is 0 Å². The van der Waals surface area contributed by atoms with E-state index in [-0.39, 0.29) is 18.9 Å². The van der Waals surface area contributed by atoms with Crippen molar-refractivity contribution in [3.05, 3.63) is 6.92 Å². The minimum atomic E-state index is 0. The number of rotatable bonds is 2. The Hall–Kier alpha value is 0.597. The molecule has 0 N–H and O–H groups in total. The number of hydrogen-bond donors (Lipinski definition) is 0. The third kappa shape index (κ3) is 11.4. The smallest absolute Gasteiger partial charge is 0.341 e. The first-order valence-electron chi connectivity index (χ1n) is 3.75. The molecule has 0 aliphatic rings. The number of hydrogen-bond acceptors (Lipinski definition) is 0. The molecule has 0 aliphatic carbocycles. The SMILES string of the molecule is [CH2-]C(C)CCC(C)(C)C.[Li+]. The molecular formula is C9H19Li. The van der Waals surface area contributed by atoms with Gasteiger partial charge in [-0.2, -0.15) is 5.92 Å². The van der Waals surface area contributed by atoms with E-state index in [1.807, 2.05) is 0 Å². The van der Waals surface area contributed by atoms with Crippen LogP contribution in [0.25, 0.3) is 0 Å². The van der Waals surface area contributed by atoms with E-state index in [1.165, 1.54) is 12.8 Å². The van der Waals surface area contributed by atoms with Crippen molar-refractivity contribution in [3.63, 3.8) is 0 Å². The van der Waals surface area contributed by atoms with E-state index < -0.39 is 0 Å². The summed E-state index contributed by atoms with van der Waals surface area (Å²) in [5.41, 5.74) is 0.492. The predicted octanol–water partition coefficient (Wildman–Crippen LogP) is 0.287. The van der Waals surface area contributed by atoms with Gasteiger partial charge in [0.05, 0.1) is 0 Å². The molecule has 1 unspecified atom stereocenters. The Morgan fingerprint density at radius 1 is 1.30 bits per heavy atom. The van der Waals surface area contributed by atoms with Gasteiger partial charge in [-0.05, 0) is 5.41 Å². The molecule has 0 aromatic rings. The van der Waals surface area contributed by atoms with E-state index in [9.17, 15) is 0 Å². The maximum Gasteiger partial charge on any atom is 1.00 e. The second-order valence-electron chi connectivity index (χ2n) is 4.20. The Bertz CT molecular complexity index is 69.3. The molecular weight excluding hydrogens is 115 g/mol. The molecule has 10 heavy (non-hydrogen) atoms. The van der Waals surface area contributed by atoms with Gasteiger partial charge in [-0.3, -0.25) is 0 Å². The minimum Gasteiger partial charge on any atom is -0.341 e. The topological polar surface area (TPSA) is 0 Å². The average molecular weight is 134 g/mol. The molecule has 0 aliphatic heterocycles. The van der Waals surface area contributed by atoms with Gasteiger partial charge in [0.15, 0.2) is 0 Å². The van der Waals surface area contributed by atoms with Crippen molar-refractivity contribution in [2.75, 3.05) is 0 Å². The van der Waals surface area contributed by atoms with Gasteiger partial charge < -0.3 is 6.92 Å². The van der Waals surface area contributed by atoms with E-state index in [2.05, 4.69) is 34.6 Å². The molecule has 0 bridgehead atoms. The van der Waals surface area contributed by atoms with E-state index in [0.717, 1.165) is 0 Å². The zero-order valence-electron chi connectivity index (χ0n) is 8.20. The summed E-state index contributed by atoms with van der Waals surface area (Å²) in [5, 5.41) is 0. The van der Waals surface area contributed by atoms with Crippen LogP contribution in [0.1, 0.15) is 40.5 Å². The first-order valence-corrected chi connectivity index (χ1v) is 3.75. The summed E-state index contributed by atoms with van der Waals surface area (Å²) in [5.74, 6) is 0.615. The largest absolute Gasteiger partial charge is 1.00 e. The molecule has 0 amide bonds. The third-order valence-corrected chi connectivity index (χ3v) is 1.39. The summed E-state index contributed by atoms with van der Waals surface area (Å²) < 4.78 is 0. The van der Waals surface area contributed by atoms with Crippen LogP contribution in [0.2, 0.25) is 0 Å². The van der Waals surface area contributed by atoms with Crippen LogP contribution in [0.15, 0.2) is 0 Å². The fourth-order valence-corrected chi connectivity index (χ4v) is 0.679. The summed E-state index contributed by atoms with van der Waals surface area (Å²) >= 11 is 0. The molecule has 1 atom stereocenters. The van der Waals surface area contributed by atoms with Crippen LogP contribution in [0.5, 0.6) is 0 Å². The Kier molecular flexibility index (Phi) is 6.97. The van der Waals surface area contributed by atoms with E-state index >= 15 is 0 Å². The Labute approximate surface area is 78.0 Å². The fourth-order valence-electron chi connectivity index (χ4n) is 0.679. The molecule has 0 radical (unpaired) electrons. The van der Waals surface area contributed by atoms with E-state index in [0.29, 0.717) is 11.3 Å². The summed E-state index contributed by atoms with van der Waals surface area (Å²) in [6.07, 6.45) is 2.54. The third-order valence-electron chi connectivity index (χ3n) is 1.39. The second kappa shape index (κ2) is 5.27. The molecule has 0 spiro atoms. The summed E-state index contributed by atoms with van der Waals surface area (Å²) in [6.45, 7) is 12.9. The standard InChI is InChI=1S/C9H19.Li/c1-8(2)6-7-9(3,4)5;/h8H,1,6-7H2,2-5H3;/q-1;+1. The molecule has 0 fully saturated rings. The van der Waals surface area contributed by atoms with Crippen molar-refractivity contribution in [1.29, 1.82) is 0 Å². The monoisotopic (exact) mass is 134 g/mol. The zero-order valence-corrected chi connectivity index (χ0v) is 8.20. The molecule has 1 heteroatoms. The molecule has 0 saturated heterocycles. The summed E-state index contributed by atoms with van der Waals surface area (Å²) in [4.78, 5) is 0. The summed E-state index contributed by atoms with van der Waals surface area (Å²) in [7, 11) is 0. The Balaban J connectivity index is 0. The van der Waals surface area contributed by atoms with Crippen molar-refractivity contribution < 1.29 is 18.9 Å². The minimum absolute atomic E-state index is 0. The molecule has 0 saturated carbocycles. The van der Waals surface area contributed by atoms with Crippen LogP contribution in [-0.2, 0) is 0 Å². The van der Waals surface area contributed by atoms with Gasteiger partial charge in [-0.15, -0.1) is 0 Å². The van der Waals surface area contributed by atoms with Gasteiger partial charge in [-0.1, -0.05) is 40.5 Å². The van der Waals surface area contributed by atoms with Crippen LogP contribution >= 0.6 is 0 Å². The van der Waals surface area contributed by atoms with Crippen LogP contribution in [0.4, 0.5) is 0 Å². The second-order valence-corrected chi connectivity index (χ2v) is 4.20.